The molecule has 1 heterocycles. The molecule has 0 aromatic heterocycles. The van der Waals surface area contributed by atoms with E-state index in [0.29, 0.717) is 12.0 Å². The largest absolute Gasteiger partial charge is 0.468 e. The number of halogens is 3. The highest BCUT2D eigenvalue weighted by Gasteiger charge is 2.54. The lowest BCUT2D eigenvalue weighted by molar-refractivity contribution is -0.175. The number of carbonyl (C=O) groups is 2. The van der Waals surface area contributed by atoms with Gasteiger partial charge in [0.1, 0.15) is 0 Å². The highest BCUT2D eigenvalue weighted by Crippen LogP contribution is 2.39. The monoisotopic (exact) mass is 370 g/mol. The van der Waals surface area contributed by atoms with Crippen molar-refractivity contribution in [1.29, 1.82) is 0 Å². The molecule has 1 unspecified atom stereocenters. The van der Waals surface area contributed by atoms with E-state index >= 15 is 0 Å². The zero-order valence-corrected chi connectivity index (χ0v) is 14.9. The van der Waals surface area contributed by atoms with E-state index in [-0.39, 0.29) is 12.0 Å². The highest BCUT2D eigenvalue weighted by atomic mass is 19.4. The maximum absolute atomic E-state index is 12.6. The Morgan fingerprint density at radius 3 is 2.38 bits per heavy atom. The van der Waals surface area contributed by atoms with Crippen LogP contribution in [0.5, 0.6) is 0 Å². The Bertz CT molecular complexity index is 708. The topological polar surface area (TPSA) is 52.6 Å². The fraction of sp³-hybridized carbons (Fsp3) is 0.474. The van der Waals surface area contributed by atoms with Crippen LogP contribution in [0, 0.1) is 5.41 Å². The second-order valence-corrected chi connectivity index (χ2v) is 6.55. The van der Waals surface area contributed by atoms with Gasteiger partial charge in [0.15, 0.2) is 11.2 Å². The third-order valence-corrected chi connectivity index (χ3v) is 4.85. The summed E-state index contributed by atoms with van der Waals surface area (Å²) in [5.41, 5.74) is -1.40. The fourth-order valence-corrected chi connectivity index (χ4v) is 3.08. The fourth-order valence-electron chi connectivity index (χ4n) is 3.08. The molecule has 0 amide bonds. The molecule has 1 fully saturated rings. The summed E-state index contributed by atoms with van der Waals surface area (Å²) in [6.07, 6.45) is -5.07. The molecule has 0 bridgehead atoms. The molecular formula is C19H21F3O4. The first-order chi connectivity index (χ1) is 12.0. The van der Waals surface area contributed by atoms with E-state index < -0.39 is 41.1 Å². The number of methoxy groups -OCH3 is 1. The summed E-state index contributed by atoms with van der Waals surface area (Å²) in [4.78, 5) is 24.9. The molecule has 4 nitrogen and oxygen atoms in total. The minimum atomic E-state index is -4.39. The van der Waals surface area contributed by atoms with Crippen LogP contribution in [0.1, 0.15) is 31.4 Å². The van der Waals surface area contributed by atoms with Gasteiger partial charge in [-0.15, -0.1) is 0 Å². The number of rotatable bonds is 4. The van der Waals surface area contributed by atoms with Gasteiger partial charge in [-0.1, -0.05) is 18.7 Å². The van der Waals surface area contributed by atoms with Gasteiger partial charge in [0, 0.05) is 5.57 Å². The Kier molecular flexibility index (Phi) is 5.61. The quantitative estimate of drug-likeness (QED) is 0.460. The summed E-state index contributed by atoms with van der Waals surface area (Å²) in [6.45, 7) is 6.81. The van der Waals surface area contributed by atoms with Gasteiger partial charge in [-0.2, -0.15) is 13.2 Å². The van der Waals surface area contributed by atoms with Crippen LogP contribution in [0.4, 0.5) is 13.2 Å². The summed E-state index contributed by atoms with van der Waals surface area (Å²) in [6, 6.07) is 4.77. The lowest BCUT2D eigenvalue weighted by atomic mass is 9.72. The second-order valence-electron chi connectivity index (χ2n) is 6.55. The van der Waals surface area contributed by atoms with Crippen LogP contribution in [0.25, 0.3) is 0 Å². The molecule has 1 aliphatic rings. The van der Waals surface area contributed by atoms with Crippen molar-refractivity contribution in [3.63, 3.8) is 0 Å². The predicted octanol–water partition coefficient (Wildman–Crippen LogP) is 3.73. The van der Waals surface area contributed by atoms with E-state index in [4.69, 9.17) is 9.47 Å². The van der Waals surface area contributed by atoms with Crippen LogP contribution in [0.3, 0.4) is 0 Å². The van der Waals surface area contributed by atoms with E-state index in [0.717, 1.165) is 12.1 Å². The number of esters is 1. The van der Waals surface area contributed by atoms with Crippen LogP contribution >= 0.6 is 0 Å². The Balaban J connectivity index is 2.19. The van der Waals surface area contributed by atoms with Gasteiger partial charge in [-0.05, 0) is 44.4 Å². The zero-order chi connectivity index (χ0) is 19.7. The van der Waals surface area contributed by atoms with Gasteiger partial charge in [-0.3, -0.25) is 9.59 Å². The Hall–Kier alpha value is -2.15. The number of aryl methyl sites for hydroxylation is 1. The van der Waals surface area contributed by atoms with Crippen molar-refractivity contribution < 1.29 is 32.2 Å². The van der Waals surface area contributed by atoms with Crippen molar-refractivity contribution in [1.82, 2.24) is 0 Å². The molecule has 0 spiro atoms. The standard InChI is InChI=1S/C19H21F3O4/c1-11-12(2)26-15(18(3,16(11)23)17(24)25-4)10-7-13-5-8-14(9-6-13)19(20,21)22/h5-6,8-9,12,15H,1,7,10H2,2-4H3/t12-,15?,18-/m1/s1. The Morgan fingerprint density at radius 2 is 1.88 bits per heavy atom. The van der Waals surface area contributed by atoms with E-state index in [1.54, 1.807) is 6.92 Å². The maximum atomic E-state index is 12.6. The lowest BCUT2D eigenvalue weighted by Crippen LogP contribution is -2.55. The molecule has 0 aliphatic carbocycles. The number of benzene rings is 1. The second kappa shape index (κ2) is 7.23. The van der Waals surface area contributed by atoms with E-state index in [1.165, 1.54) is 26.2 Å². The van der Waals surface area contributed by atoms with Gasteiger partial charge < -0.3 is 9.47 Å². The Morgan fingerprint density at radius 1 is 1.31 bits per heavy atom. The average Bonchev–Trinajstić information content (AvgIpc) is 2.60. The normalized spacial score (nSPS) is 26.7. The molecule has 0 N–H and O–H groups in total. The number of hydrogen-bond donors (Lipinski definition) is 0. The number of hydrogen-bond acceptors (Lipinski definition) is 4. The smallest absolute Gasteiger partial charge is 0.416 e. The molecule has 2 rings (SSSR count). The SMILES string of the molecule is C=C1C(=O)[C@](C)(C(=O)OC)C(CCc2ccc(C(F)(F)F)cc2)O[C@@H]1C. The van der Waals surface area contributed by atoms with Crippen LogP contribution in [-0.2, 0) is 31.7 Å². The maximum Gasteiger partial charge on any atom is 0.416 e. The van der Waals surface area contributed by atoms with Gasteiger partial charge >= 0.3 is 12.1 Å². The molecule has 26 heavy (non-hydrogen) atoms. The summed E-state index contributed by atoms with van der Waals surface area (Å²) >= 11 is 0. The number of alkyl halides is 3. The predicted molar refractivity (Wildman–Crippen MR) is 88.4 cm³/mol. The van der Waals surface area contributed by atoms with Crippen molar-refractivity contribution in [3.05, 3.63) is 47.5 Å². The van der Waals surface area contributed by atoms with Crippen LogP contribution in [-0.4, -0.2) is 31.1 Å². The lowest BCUT2D eigenvalue weighted by Gasteiger charge is -2.41. The minimum Gasteiger partial charge on any atom is -0.468 e. The molecule has 7 heteroatoms. The number of Topliss-reactive ketones (excluding diaryl/α,β-unsaturated/α-hetero) is 1. The number of ether oxygens (including phenoxy) is 2. The van der Waals surface area contributed by atoms with Gasteiger partial charge in [0.2, 0.25) is 0 Å². The molecule has 1 aromatic carbocycles. The average molecular weight is 370 g/mol. The molecule has 0 radical (unpaired) electrons. The van der Waals surface area contributed by atoms with Crippen molar-refractivity contribution in [2.24, 2.45) is 5.41 Å². The first-order valence-electron chi connectivity index (χ1n) is 8.15. The van der Waals surface area contributed by atoms with Crippen LogP contribution < -0.4 is 0 Å². The van der Waals surface area contributed by atoms with Crippen molar-refractivity contribution >= 4 is 11.8 Å². The number of ketones is 1. The van der Waals surface area contributed by atoms with Crippen molar-refractivity contribution in [2.45, 2.75) is 45.1 Å². The molecule has 1 aliphatic heterocycles. The molecule has 0 saturated carbocycles. The first-order valence-corrected chi connectivity index (χ1v) is 8.15. The summed E-state index contributed by atoms with van der Waals surface area (Å²) in [5.74, 6) is -1.14. The van der Waals surface area contributed by atoms with E-state index in [1.807, 2.05) is 0 Å². The van der Waals surface area contributed by atoms with E-state index in [2.05, 4.69) is 6.58 Å². The van der Waals surface area contributed by atoms with Crippen LogP contribution in [0.2, 0.25) is 0 Å². The molecule has 142 valence electrons. The molecular weight excluding hydrogens is 349 g/mol. The summed E-state index contributed by atoms with van der Waals surface area (Å²) in [5, 5.41) is 0. The summed E-state index contributed by atoms with van der Waals surface area (Å²) < 4.78 is 48.5. The summed E-state index contributed by atoms with van der Waals surface area (Å²) in [7, 11) is 1.19. The number of carbonyl (C=O) groups excluding carboxylic acids is 2. The van der Waals surface area contributed by atoms with Gasteiger partial charge in [0.05, 0.1) is 24.9 Å². The highest BCUT2D eigenvalue weighted by molar-refractivity contribution is 6.13. The van der Waals surface area contributed by atoms with E-state index in [9.17, 15) is 22.8 Å². The Labute approximate surface area is 150 Å². The minimum absolute atomic E-state index is 0.198. The third kappa shape index (κ3) is 3.67. The third-order valence-electron chi connectivity index (χ3n) is 4.85. The van der Waals surface area contributed by atoms with Gasteiger partial charge in [-0.25, -0.2) is 0 Å². The van der Waals surface area contributed by atoms with Crippen molar-refractivity contribution in [2.75, 3.05) is 7.11 Å². The first kappa shape index (κ1) is 20.2. The molecule has 3 atom stereocenters. The molecule has 1 saturated heterocycles. The molecule has 1 aromatic rings. The van der Waals surface area contributed by atoms with Crippen LogP contribution in [0.15, 0.2) is 36.4 Å². The van der Waals surface area contributed by atoms with Crippen molar-refractivity contribution in [3.8, 4) is 0 Å². The zero-order valence-electron chi connectivity index (χ0n) is 14.9. The van der Waals surface area contributed by atoms with Gasteiger partial charge in [0.25, 0.3) is 0 Å².